The highest BCUT2D eigenvalue weighted by molar-refractivity contribution is 7.90. The fourth-order valence-corrected chi connectivity index (χ4v) is 12.0. The number of nitro benzene ring substituents is 1. The number of nitrogens with one attached hydrogen (secondary N) is 3. The van der Waals surface area contributed by atoms with Crippen molar-refractivity contribution < 1.29 is 32.8 Å². The maximum absolute atomic E-state index is 14.1. The second kappa shape index (κ2) is 18.2. The molecular weight excluding hydrogens is 873 g/mol. The van der Waals surface area contributed by atoms with Gasteiger partial charge in [0.2, 0.25) is 0 Å². The fourth-order valence-electron chi connectivity index (χ4n) is 11.0. The van der Waals surface area contributed by atoms with E-state index in [0.29, 0.717) is 48.3 Å². The minimum absolute atomic E-state index is 0.0284. The van der Waals surface area contributed by atoms with Crippen LogP contribution in [0.1, 0.15) is 122 Å². The van der Waals surface area contributed by atoms with Crippen LogP contribution in [-0.4, -0.2) is 89.5 Å². The Kier molecular flexibility index (Phi) is 12.5. The third-order valence-corrected chi connectivity index (χ3v) is 16.2. The summed E-state index contributed by atoms with van der Waals surface area (Å²) in [5.41, 5.74) is 8.66. The van der Waals surface area contributed by atoms with Crippen molar-refractivity contribution in [2.75, 3.05) is 42.9 Å². The van der Waals surface area contributed by atoms with E-state index < -0.39 is 42.9 Å². The van der Waals surface area contributed by atoms with Crippen molar-refractivity contribution in [2.45, 2.75) is 107 Å². The maximum Gasteiger partial charge on any atom is 0.293 e. The Morgan fingerprint density at radius 3 is 2.45 bits per heavy atom. The van der Waals surface area contributed by atoms with Gasteiger partial charge in [0.05, 0.1) is 21.0 Å². The summed E-state index contributed by atoms with van der Waals surface area (Å²) in [4.78, 5) is 50.1. The summed E-state index contributed by atoms with van der Waals surface area (Å²) in [7, 11) is -4.66. The minimum atomic E-state index is -4.66. The lowest BCUT2D eigenvalue weighted by atomic mass is 9.70. The minimum Gasteiger partial charge on any atom is -0.454 e. The summed E-state index contributed by atoms with van der Waals surface area (Å²) in [6, 6.07) is 21.1. The number of nitrogens with zero attached hydrogens (tertiary/aromatic N) is 4. The summed E-state index contributed by atoms with van der Waals surface area (Å²) in [6.07, 6.45) is 9.99. The molecule has 4 aliphatic rings. The Balaban J connectivity index is 0.929. The normalized spacial score (nSPS) is 23.0. The van der Waals surface area contributed by atoms with E-state index in [1.54, 1.807) is 37.4 Å². The molecule has 16 nitrogen and oxygen atoms in total. The number of benzene rings is 3. The van der Waals surface area contributed by atoms with Gasteiger partial charge in [-0.05, 0) is 129 Å². The molecule has 3 aromatic carbocycles. The Morgan fingerprint density at radius 2 is 1.73 bits per heavy atom. The van der Waals surface area contributed by atoms with Crippen LogP contribution in [0.4, 0.5) is 17.1 Å². The topological polar surface area (TPSA) is 226 Å². The lowest BCUT2D eigenvalue weighted by Crippen LogP contribution is -2.63. The van der Waals surface area contributed by atoms with Gasteiger partial charge in [-0.3, -0.25) is 24.6 Å². The predicted molar refractivity (Wildman–Crippen MR) is 256 cm³/mol. The van der Waals surface area contributed by atoms with Crippen molar-refractivity contribution >= 4 is 49.9 Å². The van der Waals surface area contributed by atoms with Crippen LogP contribution in [0.15, 0.2) is 83.9 Å². The second-order valence-electron chi connectivity index (χ2n) is 19.9. The van der Waals surface area contributed by atoms with E-state index in [1.165, 1.54) is 48.6 Å². The molecule has 2 atom stereocenters. The summed E-state index contributed by atoms with van der Waals surface area (Å²) in [6.45, 7) is 10.4. The summed E-state index contributed by atoms with van der Waals surface area (Å²) in [5.74, 6) is -0.785. The molecule has 4 heterocycles. The van der Waals surface area contributed by atoms with Crippen LogP contribution in [0.5, 0.6) is 11.5 Å². The van der Waals surface area contributed by atoms with E-state index in [1.807, 2.05) is 0 Å². The number of nitro groups is 1. The molecule has 0 unspecified atom stereocenters. The standard InChI is InChI=1S/C50H60N8O8S/c1-31(2)36-7-4-5-8-37(36)38-9-6-10-41(38)57-29-50(30-57)20-23-56(24-21-50)34-11-13-39(43(26-34)66-44-25-33-17-22-52-47(33)54-45(44)46(51)59)48(60)55-67(64,65)35-12-14-40(42(27-35)58(62)63)53-28-32-15-18-49(3,61)19-16-32/h4-5,7-8,11-14,17,22,25-27,31-32,38,41,53,61H,6,9-10,15-16,18-21,23-24,28-30H2,1-3H3,(H2,51,59)(H,52,54)(H,55,60)/t32-,38-,41+,49-/m1/s1. The first kappa shape index (κ1) is 46.1. The van der Waals surface area contributed by atoms with E-state index in [-0.39, 0.29) is 39.8 Å². The smallest absolute Gasteiger partial charge is 0.293 e. The molecule has 4 fully saturated rings. The Bertz CT molecular complexity index is 2800. The van der Waals surface area contributed by atoms with E-state index in [9.17, 15) is 33.2 Å². The third kappa shape index (κ3) is 9.59. The first-order valence-electron chi connectivity index (χ1n) is 23.5. The van der Waals surface area contributed by atoms with Gasteiger partial charge in [0.15, 0.2) is 11.4 Å². The first-order valence-corrected chi connectivity index (χ1v) is 25.0. The molecule has 1 spiro atoms. The largest absolute Gasteiger partial charge is 0.454 e. The van der Waals surface area contributed by atoms with Gasteiger partial charge < -0.3 is 30.8 Å². The van der Waals surface area contributed by atoms with Crippen molar-refractivity contribution in [1.29, 1.82) is 0 Å². The Hall–Kier alpha value is -6.04. The van der Waals surface area contributed by atoms with Crippen molar-refractivity contribution in [3.8, 4) is 11.5 Å². The predicted octanol–water partition coefficient (Wildman–Crippen LogP) is 8.20. The van der Waals surface area contributed by atoms with Crippen LogP contribution < -0.4 is 25.4 Å². The van der Waals surface area contributed by atoms with E-state index in [0.717, 1.165) is 63.6 Å². The van der Waals surface area contributed by atoms with Crippen molar-refractivity contribution in [1.82, 2.24) is 19.6 Å². The summed E-state index contributed by atoms with van der Waals surface area (Å²) < 4.78 is 36.1. The molecule has 2 aliphatic carbocycles. The molecule has 67 heavy (non-hydrogen) atoms. The van der Waals surface area contributed by atoms with Gasteiger partial charge in [-0.25, -0.2) is 18.1 Å². The number of anilines is 2. The van der Waals surface area contributed by atoms with Gasteiger partial charge in [0.25, 0.3) is 27.5 Å². The van der Waals surface area contributed by atoms with Gasteiger partial charge in [0, 0.05) is 68.2 Å². The number of pyridine rings is 1. The number of hydrogen-bond donors (Lipinski definition) is 5. The number of rotatable bonds is 14. The molecular formula is C50H60N8O8S. The van der Waals surface area contributed by atoms with Gasteiger partial charge in [-0.1, -0.05) is 44.5 Å². The molecule has 17 heteroatoms. The monoisotopic (exact) mass is 932 g/mol. The van der Waals surface area contributed by atoms with Gasteiger partial charge in [-0.15, -0.1) is 0 Å². The highest BCUT2D eigenvalue weighted by Gasteiger charge is 2.49. The van der Waals surface area contributed by atoms with Gasteiger partial charge >= 0.3 is 0 Å². The maximum atomic E-state index is 14.1. The molecule has 2 aromatic heterocycles. The lowest BCUT2D eigenvalue weighted by molar-refractivity contribution is -0.384. The number of hydrogen-bond acceptors (Lipinski definition) is 12. The average Bonchev–Trinajstić information content (AvgIpc) is 3.97. The molecule has 2 saturated heterocycles. The van der Waals surface area contributed by atoms with Gasteiger partial charge in [-0.2, -0.15) is 0 Å². The molecule has 2 amide bonds. The number of ether oxygens (including phenoxy) is 1. The van der Waals surface area contributed by atoms with Crippen LogP contribution in [0.2, 0.25) is 0 Å². The number of carbonyl (C=O) groups is 2. The van der Waals surface area contributed by atoms with Crippen molar-refractivity contribution in [3.05, 3.63) is 111 Å². The number of fused-ring (bicyclic) bond motifs is 1. The number of amides is 2. The highest BCUT2D eigenvalue weighted by atomic mass is 32.2. The quantitative estimate of drug-likeness (QED) is 0.0525. The molecule has 9 rings (SSSR count). The number of sulfonamides is 1. The molecule has 6 N–H and O–H groups in total. The Morgan fingerprint density at radius 1 is 0.985 bits per heavy atom. The zero-order valence-corrected chi connectivity index (χ0v) is 39.1. The second-order valence-corrected chi connectivity index (χ2v) is 21.6. The number of likely N-dealkylation sites (tertiary alicyclic amines) is 1. The van der Waals surface area contributed by atoms with Crippen LogP contribution in [0.25, 0.3) is 11.0 Å². The number of aliphatic hydroxyl groups is 1. The summed E-state index contributed by atoms with van der Waals surface area (Å²) in [5, 5.41) is 26.2. The molecule has 2 saturated carbocycles. The molecule has 354 valence electrons. The van der Waals surface area contributed by atoms with Crippen molar-refractivity contribution in [2.24, 2.45) is 17.1 Å². The van der Waals surface area contributed by atoms with Crippen LogP contribution in [-0.2, 0) is 10.0 Å². The number of H-pyrrole nitrogens is 1. The number of primary amides is 1. The number of nitrogens with two attached hydrogens (primary N) is 1. The van der Waals surface area contributed by atoms with Gasteiger partial charge in [0.1, 0.15) is 17.1 Å². The van der Waals surface area contributed by atoms with Crippen LogP contribution in [0, 0.1) is 21.4 Å². The number of aromatic amines is 1. The van der Waals surface area contributed by atoms with E-state index >= 15 is 0 Å². The molecule has 0 radical (unpaired) electrons. The molecule has 5 aromatic rings. The first-order chi connectivity index (χ1) is 32.0. The zero-order chi connectivity index (χ0) is 47.3. The van der Waals surface area contributed by atoms with Crippen LogP contribution >= 0.6 is 0 Å². The van der Waals surface area contributed by atoms with Crippen molar-refractivity contribution in [3.63, 3.8) is 0 Å². The number of carbonyl (C=O) groups excluding carboxylic acids is 2. The third-order valence-electron chi connectivity index (χ3n) is 14.9. The summed E-state index contributed by atoms with van der Waals surface area (Å²) >= 11 is 0. The number of piperidine rings is 1. The SMILES string of the molecule is CC(C)c1ccccc1[C@H]1CCC[C@@H]1N1CC2(CCN(c3ccc(C(=O)NS(=O)(=O)c4ccc(NC[C@H]5CC[C@](C)(O)CC5)c([N+](=O)[O-])c4)c(Oc4cc5cc[nH]c5nc4C(N)=O)c3)CC2)C1. The zero-order valence-electron chi connectivity index (χ0n) is 38.3. The van der Waals surface area contributed by atoms with E-state index in [4.69, 9.17) is 10.5 Å². The lowest BCUT2D eigenvalue weighted by Gasteiger charge is -2.57. The number of aromatic nitrogens is 2. The fraction of sp³-hybridized carbons (Fsp3) is 0.460. The highest BCUT2D eigenvalue weighted by Crippen LogP contribution is 2.49. The Labute approximate surface area is 390 Å². The van der Waals surface area contributed by atoms with E-state index in [2.05, 4.69) is 67.9 Å². The average molecular weight is 933 g/mol. The molecule has 0 bridgehead atoms. The van der Waals surface area contributed by atoms with Crippen LogP contribution in [0.3, 0.4) is 0 Å². The molecule has 2 aliphatic heterocycles.